The van der Waals surface area contributed by atoms with Crippen molar-refractivity contribution >= 4 is 6.29 Å². The Bertz CT molecular complexity index is 204. The summed E-state index contributed by atoms with van der Waals surface area (Å²) in [7, 11) is 0. The largest absolute Gasteiger partial charge is 0.299 e. The third-order valence-corrected chi connectivity index (χ3v) is 2.85. The van der Waals surface area contributed by atoms with Gasteiger partial charge in [0.05, 0.1) is 0 Å². The Morgan fingerprint density at radius 1 is 0.706 bits per heavy atom. The highest BCUT2D eigenvalue weighted by Gasteiger charge is 1.88. The minimum Gasteiger partial charge on any atom is -0.299 e. The molecule has 0 rings (SSSR count). The number of carbonyl (C=O) groups excluding carboxylic acids is 1. The van der Waals surface area contributed by atoms with Gasteiger partial charge in [-0.25, -0.2) is 0 Å². The van der Waals surface area contributed by atoms with Gasteiger partial charge in [-0.2, -0.15) is 0 Å². The molecule has 0 saturated carbocycles. The quantitative estimate of drug-likeness (QED) is 0.196. The number of carbonyl (C=O) groups is 1. The van der Waals surface area contributed by atoms with E-state index >= 15 is 0 Å². The maximum atomic E-state index is 10.0. The van der Waals surface area contributed by atoms with E-state index in [2.05, 4.69) is 19.1 Å². The number of hydrogen-bond acceptors (Lipinski definition) is 1. The van der Waals surface area contributed by atoms with Crippen molar-refractivity contribution < 1.29 is 4.79 Å². The van der Waals surface area contributed by atoms with Crippen LogP contribution in [0, 0.1) is 0 Å². The lowest BCUT2D eigenvalue weighted by molar-refractivity contribution is -0.104. The topological polar surface area (TPSA) is 17.1 Å². The summed E-state index contributed by atoms with van der Waals surface area (Å²) < 4.78 is 0. The SMILES string of the molecule is CCCCCCCCC=CCCCC=CC=O. The number of hydrogen-bond donors (Lipinski definition) is 0. The molecule has 0 aliphatic rings. The molecule has 0 aliphatic heterocycles. The van der Waals surface area contributed by atoms with Gasteiger partial charge in [0.25, 0.3) is 0 Å². The molecule has 0 amide bonds. The van der Waals surface area contributed by atoms with Crippen molar-refractivity contribution in [1.29, 1.82) is 0 Å². The van der Waals surface area contributed by atoms with Gasteiger partial charge < -0.3 is 0 Å². The van der Waals surface area contributed by atoms with Gasteiger partial charge in [0.1, 0.15) is 6.29 Å². The average molecular weight is 236 g/mol. The van der Waals surface area contributed by atoms with Crippen LogP contribution in [0.1, 0.15) is 71.1 Å². The van der Waals surface area contributed by atoms with Crippen molar-refractivity contribution in [2.24, 2.45) is 0 Å². The number of rotatable bonds is 12. The predicted molar refractivity (Wildman–Crippen MR) is 76.2 cm³/mol. The zero-order valence-electron chi connectivity index (χ0n) is 11.4. The van der Waals surface area contributed by atoms with E-state index in [1.54, 1.807) is 6.08 Å². The van der Waals surface area contributed by atoms with Crippen molar-refractivity contribution in [1.82, 2.24) is 0 Å². The summed E-state index contributed by atoms with van der Waals surface area (Å²) in [5.41, 5.74) is 0. The summed E-state index contributed by atoms with van der Waals surface area (Å²) in [5.74, 6) is 0. The van der Waals surface area contributed by atoms with E-state index in [0.717, 1.165) is 25.5 Å². The fourth-order valence-electron chi connectivity index (χ4n) is 1.78. The molecule has 0 radical (unpaired) electrons. The number of allylic oxidation sites excluding steroid dienone is 4. The Labute approximate surface area is 107 Å². The van der Waals surface area contributed by atoms with E-state index in [1.165, 1.54) is 44.9 Å². The van der Waals surface area contributed by atoms with Crippen LogP contribution in [0.2, 0.25) is 0 Å². The van der Waals surface area contributed by atoms with Gasteiger partial charge in [-0.3, -0.25) is 4.79 Å². The van der Waals surface area contributed by atoms with Crippen LogP contribution in [0.4, 0.5) is 0 Å². The molecule has 0 aromatic rings. The smallest absolute Gasteiger partial charge is 0.142 e. The van der Waals surface area contributed by atoms with E-state index in [9.17, 15) is 4.79 Å². The Morgan fingerprint density at radius 3 is 2.00 bits per heavy atom. The molecule has 1 nitrogen and oxygen atoms in total. The van der Waals surface area contributed by atoms with Gasteiger partial charge >= 0.3 is 0 Å². The average Bonchev–Trinajstić information content (AvgIpc) is 2.35. The molecule has 0 aromatic carbocycles. The lowest BCUT2D eigenvalue weighted by atomic mass is 10.1. The van der Waals surface area contributed by atoms with Crippen molar-refractivity contribution in [3.63, 3.8) is 0 Å². The van der Waals surface area contributed by atoms with Gasteiger partial charge in [0.2, 0.25) is 0 Å². The van der Waals surface area contributed by atoms with Gasteiger partial charge in [-0.1, -0.05) is 57.3 Å². The van der Waals surface area contributed by atoms with Gasteiger partial charge in [-0.05, 0) is 38.2 Å². The van der Waals surface area contributed by atoms with Crippen LogP contribution in [-0.4, -0.2) is 6.29 Å². The minimum absolute atomic E-state index is 0.842. The zero-order chi connectivity index (χ0) is 12.6. The van der Waals surface area contributed by atoms with Gasteiger partial charge in [-0.15, -0.1) is 0 Å². The molecule has 0 heterocycles. The first kappa shape index (κ1) is 16.1. The van der Waals surface area contributed by atoms with E-state index < -0.39 is 0 Å². The minimum atomic E-state index is 0.842. The second kappa shape index (κ2) is 15.1. The molecule has 17 heavy (non-hydrogen) atoms. The highest BCUT2D eigenvalue weighted by atomic mass is 16.1. The van der Waals surface area contributed by atoms with Crippen LogP contribution in [0.15, 0.2) is 24.3 Å². The monoisotopic (exact) mass is 236 g/mol. The molecular weight excluding hydrogens is 208 g/mol. The van der Waals surface area contributed by atoms with E-state index in [4.69, 9.17) is 0 Å². The third kappa shape index (κ3) is 15.1. The van der Waals surface area contributed by atoms with Crippen LogP contribution < -0.4 is 0 Å². The summed E-state index contributed by atoms with van der Waals surface area (Å²) >= 11 is 0. The first-order valence-electron chi connectivity index (χ1n) is 7.17. The first-order chi connectivity index (χ1) is 8.41. The summed E-state index contributed by atoms with van der Waals surface area (Å²) in [6, 6.07) is 0. The molecule has 98 valence electrons. The lowest BCUT2D eigenvalue weighted by Crippen LogP contribution is -1.77. The van der Waals surface area contributed by atoms with E-state index in [0.29, 0.717) is 0 Å². The van der Waals surface area contributed by atoms with Gasteiger partial charge in [0, 0.05) is 0 Å². The van der Waals surface area contributed by atoms with Crippen LogP contribution in [0.3, 0.4) is 0 Å². The fraction of sp³-hybridized carbons (Fsp3) is 0.688. The predicted octanol–water partition coefficient (Wildman–Crippen LogP) is 5.22. The molecule has 0 bridgehead atoms. The molecule has 1 heteroatoms. The molecule has 0 aromatic heterocycles. The zero-order valence-corrected chi connectivity index (χ0v) is 11.4. The Morgan fingerprint density at radius 2 is 1.29 bits per heavy atom. The maximum absolute atomic E-state index is 10.0. The molecule has 0 N–H and O–H groups in total. The highest BCUT2D eigenvalue weighted by molar-refractivity contribution is 5.64. The molecule has 0 spiro atoms. The fourth-order valence-corrected chi connectivity index (χ4v) is 1.78. The molecule has 0 saturated heterocycles. The number of aldehydes is 1. The standard InChI is InChI=1S/C16H28O/c1-2-3-4-5-6-7-8-9-10-11-12-13-14-15-16-17/h9-10,14-16H,2-8,11-13H2,1H3. The third-order valence-electron chi connectivity index (χ3n) is 2.85. The highest BCUT2D eigenvalue weighted by Crippen LogP contribution is 2.07. The van der Waals surface area contributed by atoms with E-state index in [1.807, 2.05) is 6.08 Å². The van der Waals surface area contributed by atoms with Crippen molar-refractivity contribution in [3.05, 3.63) is 24.3 Å². The van der Waals surface area contributed by atoms with Crippen molar-refractivity contribution in [2.45, 2.75) is 71.1 Å². The van der Waals surface area contributed by atoms with Crippen LogP contribution in [-0.2, 0) is 4.79 Å². The normalized spacial score (nSPS) is 11.6. The lowest BCUT2D eigenvalue weighted by Gasteiger charge is -1.97. The maximum Gasteiger partial charge on any atom is 0.142 e. The van der Waals surface area contributed by atoms with Crippen molar-refractivity contribution in [3.8, 4) is 0 Å². The Hall–Kier alpha value is -0.850. The molecular formula is C16H28O. The number of unbranched alkanes of at least 4 members (excludes halogenated alkanes) is 8. The van der Waals surface area contributed by atoms with Gasteiger partial charge in [0.15, 0.2) is 0 Å². The van der Waals surface area contributed by atoms with Crippen molar-refractivity contribution in [2.75, 3.05) is 0 Å². The Kier molecular flexibility index (Phi) is 14.4. The second-order valence-electron chi connectivity index (χ2n) is 4.52. The van der Waals surface area contributed by atoms with E-state index in [-0.39, 0.29) is 0 Å². The van der Waals surface area contributed by atoms with Crippen LogP contribution in [0.5, 0.6) is 0 Å². The summed E-state index contributed by atoms with van der Waals surface area (Å²) in [5, 5.41) is 0. The van der Waals surface area contributed by atoms with Crippen LogP contribution in [0.25, 0.3) is 0 Å². The molecule has 0 aliphatic carbocycles. The summed E-state index contributed by atoms with van der Waals surface area (Å²) in [6.07, 6.45) is 21.7. The Balaban J connectivity index is 3.09. The summed E-state index contributed by atoms with van der Waals surface area (Å²) in [4.78, 5) is 10.0. The molecule has 0 unspecified atom stereocenters. The summed E-state index contributed by atoms with van der Waals surface area (Å²) in [6.45, 7) is 2.26. The first-order valence-corrected chi connectivity index (χ1v) is 7.17. The van der Waals surface area contributed by atoms with Crippen LogP contribution >= 0.6 is 0 Å². The second-order valence-corrected chi connectivity index (χ2v) is 4.52. The molecule has 0 fully saturated rings. The molecule has 0 atom stereocenters.